The summed E-state index contributed by atoms with van der Waals surface area (Å²) in [6, 6.07) is 0.654. The Morgan fingerprint density at radius 3 is 3.24 bits per heavy atom. The van der Waals surface area contributed by atoms with Gasteiger partial charge in [0.1, 0.15) is 11.8 Å². The Morgan fingerprint density at radius 1 is 1.35 bits per heavy atom. The molecule has 3 rings (SSSR count). The van der Waals surface area contributed by atoms with Crippen LogP contribution in [-0.4, -0.2) is 39.1 Å². The van der Waals surface area contributed by atoms with Gasteiger partial charge in [-0.3, -0.25) is 0 Å². The van der Waals surface area contributed by atoms with Gasteiger partial charge in [-0.05, 0) is 25.8 Å². The third kappa shape index (κ3) is 2.21. The standard InChI is InChI=1S/C11H16N6/c1-2-8(12-4-1)3-5-13-10-9-11(15-6-14-9)17-7-16-10/h6-8,12H,1-5H2,(H2,13,14,15,16,17). The van der Waals surface area contributed by atoms with Crippen LogP contribution in [0.5, 0.6) is 0 Å². The van der Waals surface area contributed by atoms with Gasteiger partial charge in [-0.1, -0.05) is 0 Å². The molecule has 0 bridgehead atoms. The quantitative estimate of drug-likeness (QED) is 0.730. The minimum Gasteiger partial charge on any atom is -0.368 e. The Morgan fingerprint density at radius 2 is 2.35 bits per heavy atom. The predicted molar refractivity (Wildman–Crippen MR) is 65.8 cm³/mol. The highest BCUT2D eigenvalue weighted by molar-refractivity contribution is 5.81. The van der Waals surface area contributed by atoms with E-state index >= 15 is 0 Å². The molecule has 0 aliphatic carbocycles. The first kappa shape index (κ1) is 10.5. The van der Waals surface area contributed by atoms with Gasteiger partial charge in [-0.2, -0.15) is 0 Å². The van der Waals surface area contributed by atoms with E-state index in [1.54, 1.807) is 12.7 Å². The lowest BCUT2D eigenvalue weighted by Crippen LogP contribution is -2.24. The minimum absolute atomic E-state index is 0.654. The molecule has 0 aromatic carbocycles. The molecular formula is C11H16N6. The Balaban J connectivity index is 1.62. The maximum Gasteiger partial charge on any atom is 0.182 e. The summed E-state index contributed by atoms with van der Waals surface area (Å²) in [5.74, 6) is 0.838. The van der Waals surface area contributed by atoms with Crippen LogP contribution in [-0.2, 0) is 0 Å². The number of H-pyrrole nitrogens is 1. The number of anilines is 1. The van der Waals surface area contributed by atoms with Crippen molar-refractivity contribution in [3.8, 4) is 0 Å². The van der Waals surface area contributed by atoms with Crippen molar-refractivity contribution in [2.45, 2.75) is 25.3 Å². The molecule has 6 nitrogen and oxygen atoms in total. The summed E-state index contributed by atoms with van der Waals surface area (Å²) < 4.78 is 0. The van der Waals surface area contributed by atoms with Crippen LogP contribution in [0.1, 0.15) is 19.3 Å². The average molecular weight is 232 g/mol. The zero-order valence-corrected chi connectivity index (χ0v) is 9.61. The molecule has 1 unspecified atom stereocenters. The minimum atomic E-state index is 0.654. The van der Waals surface area contributed by atoms with Crippen LogP contribution < -0.4 is 10.6 Å². The van der Waals surface area contributed by atoms with Crippen LogP contribution in [0.25, 0.3) is 11.2 Å². The molecule has 2 aromatic rings. The summed E-state index contributed by atoms with van der Waals surface area (Å²) in [5, 5.41) is 6.82. The zero-order chi connectivity index (χ0) is 11.5. The van der Waals surface area contributed by atoms with Gasteiger partial charge in [0.05, 0.1) is 6.33 Å². The first-order valence-electron chi connectivity index (χ1n) is 6.05. The maximum absolute atomic E-state index is 4.23. The average Bonchev–Trinajstić information content (AvgIpc) is 2.99. The van der Waals surface area contributed by atoms with Gasteiger partial charge in [0.2, 0.25) is 0 Å². The fourth-order valence-corrected chi connectivity index (χ4v) is 2.27. The molecule has 1 fully saturated rings. The Labute approximate surface area is 99.3 Å². The first-order valence-corrected chi connectivity index (χ1v) is 6.05. The summed E-state index contributed by atoms with van der Waals surface area (Å²) in [6.07, 6.45) is 6.88. The van der Waals surface area contributed by atoms with Crippen LogP contribution in [0.3, 0.4) is 0 Å². The lowest BCUT2D eigenvalue weighted by molar-refractivity contribution is 0.574. The van der Waals surface area contributed by atoms with Gasteiger partial charge in [0, 0.05) is 12.6 Å². The monoisotopic (exact) mass is 232 g/mol. The summed E-state index contributed by atoms with van der Waals surface area (Å²) >= 11 is 0. The number of nitrogens with zero attached hydrogens (tertiary/aromatic N) is 3. The molecule has 0 radical (unpaired) electrons. The van der Waals surface area contributed by atoms with Crippen molar-refractivity contribution in [3.05, 3.63) is 12.7 Å². The van der Waals surface area contributed by atoms with Crippen LogP contribution in [0.2, 0.25) is 0 Å². The number of hydrogen-bond donors (Lipinski definition) is 3. The highest BCUT2D eigenvalue weighted by Crippen LogP contribution is 2.15. The smallest absolute Gasteiger partial charge is 0.182 e. The second-order valence-corrected chi connectivity index (χ2v) is 4.33. The molecule has 2 aromatic heterocycles. The Hall–Kier alpha value is -1.69. The number of rotatable bonds is 4. The Bertz CT molecular complexity index is 487. The molecule has 1 atom stereocenters. The van der Waals surface area contributed by atoms with Gasteiger partial charge in [0.15, 0.2) is 11.5 Å². The van der Waals surface area contributed by atoms with E-state index in [1.807, 2.05) is 0 Å². The predicted octanol–water partition coefficient (Wildman–Crippen LogP) is 0.907. The fourth-order valence-electron chi connectivity index (χ4n) is 2.27. The van der Waals surface area contributed by atoms with Crippen LogP contribution in [0.15, 0.2) is 12.7 Å². The zero-order valence-electron chi connectivity index (χ0n) is 9.61. The molecule has 3 heterocycles. The molecule has 0 saturated carbocycles. The largest absolute Gasteiger partial charge is 0.368 e. The van der Waals surface area contributed by atoms with Crippen molar-refractivity contribution in [1.82, 2.24) is 25.3 Å². The van der Waals surface area contributed by atoms with E-state index in [9.17, 15) is 0 Å². The van der Waals surface area contributed by atoms with Crippen LogP contribution in [0.4, 0.5) is 5.82 Å². The molecule has 90 valence electrons. The van der Waals surface area contributed by atoms with E-state index in [4.69, 9.17) is 0 Å². The van der Waals surface area contributed by atoms with Crippen molar-refractivity contribution in [1.29, 1.82) is 0 Å². The third-order valence-electron chi connectivity index (χ3n) is 3.17. The van der Waals surface area contributed by atoms with E-state index in [2.05, 4.69) is 30.6 Å². The van der Waals surface area contributed by atoms with Crippen molar-refractivity contribution in [2.75, 3.05) is 18.4 Å². The lowest BCUT2D eigenvalue weighted by atomic mass is 10.1. The van der Waals surface area contributed by atoms with Crippen LogP contribution in [0, 0.1) is 0 Å². The molecule has 17 heavy (non-hydrogen) atoms. The highest BCUT2D eigenvalue weighted by Gasteiger charge is 2.13. The van der Waals surface area contributed by atoms with Crippen molar-refractivity contribution in [2.24, 2.45) is 0 Å². The molecule has 3 N–H and O–H groups in total. The summed E-state index contributed by atoms with van der Waals surface area (Å²) in [6.45, 7) is 2.08. The normalized spacial score (nSPS) is 19.9. The summed E-state index contributed by atoms with van der Waals surface area (Å²) in [5.41, 5.74) is 1.59. The second-order valence-electron chi connectivity index (χ2n) is 4.33. The van der Waals surface area contributed by atoms with E-state index < -0.39 is 0 Å². The van der Waals surface area contributed by atoms with E-state index in [-0.39, 0.29) is 0 Å². The van der Waals surface area contributed by atoms with Gasteiger partial charge < -0.3 is 15.6 Å². The highest BCUT2D eigenvalue weighted by atomic mass is 15.1. The number of nitrogens with one attached hydrogen (secondary N) is 3. The number of imidazole rings is 1. The molecule has 6 heteroatoms. The Kier molecular flexibility index (Phi) is 2.87. The SMILES string of the molecule is c1nc(NCCC2CCCN2)c2[nH]cnc2n1. The molecule has 1 aliphatic rings. The molecular weight excluding hydrogens is 216 g/mol. The van der Waals surface area contributed by atoms with Crippen LogP contribution >= 0.6 is 0 Å². The lowest BCUT2D eigenvalue weighted by Gasteiger charge is -2.11. The summed E-state index contributed by atoms with van der Waals surface area (Å²) in [4.78, 5) is 15.5. The molecule has 0 amide bonds. The molecule has 1 aliphatic heterocycles. The van der Waals surface area contributed by atoms with Crippen molar-refractivity contribution in [3.63, 3.8) is 0 Å². The van der Waals surface area contributed by atoms with E-state index in [0.717, 1.165) is 30.8 Å². The first-order chi connectivity index (χ1) is 8.43. The fraction of sp³-hybridized carbons (Fsp3) is 0.545. The molecule has 0 spiro atoms. The second kappa shape index (κ2) is 4.67. The van der Waals surface area contributed by atoms with E-state index in [0.29, 0.717) is 11.7 Å². The van der Waals surface area contributed by atoms with Gasteiger partial charge >= 0.3 is 0 Å². The number of aromatic nitrogens is 4. The summed E-state index contributed by atoms with van der Waals surface area (Å²) in [7, 11) is 0. The number of aromatic amines is 1. The molecule has 1 saturated heterocycles. The maximum atomic E-state index is 4.23. The van der Waals surface area contributed by atoms with E-state index in [1.165, 1.54) is 12.8 Å². The number of hydrogen-bond acceptors (Lipinski definition) is 5. The van der Waals surface area contributed by atoms with Crippen molar-refractivity contribution < 1.29 is 0 Å². The topological polar surface area (TPSA) is 78.5 Å². The van der Waals surface area contributed by atoms with Gasteiger partial charge in [-0.15, -0.1) is 0 Å². The van der Waals surface area contributed by atoms with Gasteiger partial charge in [0.25, 0.3) is 0 Å². The van der Waals surface area contributed by atoms with Crippen molar-refractivity contribution >= 4 is 17.0 Å². The van der Waals surface area contributed by atoms with Gasteiger partial charge in [-0.25, -0.2) is 15.0 Å². The third-order valence-corrected chi connectivity index (χ3v) is 3.17. The number of fused-ring (bicyclic) bond motifs is 1.